The SMILES string of the molecule is FC(F)C(F)(F)C(Br)C(I)I. The normalized spacial score (nSPS) is 16.1. The molecule has 1 atom stereocenters. The third kappa shape index (κ3) is 3.49. The van der Waals surface area contributed by atoms with Crippen LogP contribution in [0.4, 0.5) is 17.6 Å². The fourth-order valence-electron chi connectivity index (χ4n) is 0.288. The topological polar surface area (TPSA) is 0 Å². The van der Waals surface area contributed by atoms with Crippen LogP contribution in [-0.4, -0.2) is 19.1 Å². The third-order valence-corrected chi connectivity index (χ3v) is 5.43. The highest BCUT2D eigenvalue weighted by atomic mass is 127. The summed E-state index contributed by atoms with van der Waals surface area (Å²) < 4.78 is 47.5. The lowest BCUT2D eigenvalue weighted by Gasteiger charge is -2.22. The molecule has 7 heteroatoms. The molecule has 0 rings (SSSR count). The smallest absolute Gasteiger partial charge is 0.204 e. The molecule has 0 aromatic rings. The summed E-state index contributed by atoms with van der Waals surface area (Å²) in [6, 6.07) is 0. The highest BCUT2D eigenvalue weighted by Crippen LogP contribution is 2.38. The molecule has 68 valence electrons. The van der Waals surface area contributed by atoms with E-state index in [-0.39, 0.29) is 0 Å². The van der Waals surface area contributed by atoms with Gasteiger partial charge in [-0.15, -0.1) is 0 Å². The van der Waals surface area contributed by atoms with Crippen LogP contribution in [0.5, 0.6) is 0 Å². The molecule has 0 saturated carbocycles. The Labute approximate surface area is 96.9 Å². The van der Waals surface area contributed by atoms with Crippen LogP contribution in [0.2, 0.25) is 0 Å². The van der Waals surface area contributed by atoms with E-state index < -0.39 is 19.1 Å². The molecule has 11 heavy (non-hydrogen) atoms. The largest absolute Gasteiger partial charge is 0.321 e. The molecule has 0 aromatic heterocycles. The van der Waals surface area contributed by atoms with Gasteiger partial charge in [-0.25, -0.2) is 8.78 Å². The van der Waals surface area contributed by atoms with Crippen LogP contribution in [0.25, 0.3) is 0 Å². The summed E-state index contributed by atoms with van der Waals surface area (Å²) >= 11 is 5.83. The van der Waals surface area contributed by atoms with Gasteiger partial charge in [0.15, 0.2) is 0 Å². The summed E-state index contributed by atoms with van der Waals surface area (Å²) in [4.78, 5) is -1.49. The van der Waals surface area contributed by atoms with E-state index in [4.69, 9.17) is 0 Å². The van der Waals surface area contributed by atoms with E-state index in [9.17, 15) is 17.6 Å². The van der Waals surface area contributed by atoms with Gasteiger partial charge in [0.25, 0.3) is 0 Å². The Morgan fingerprint density at radius 1 is 1.18 bits per heavy atom. The standard InChI is InChI=1S/C4H3BrF4I2/c5-1(2(10)11)4(8,9)3(6)7/h1-3H. The van der Waals surface area contributed by atoms with Gasteiger partial charge in [-0.3, -0.25) is 0 Å². The van der Waals surface area contributed by atoms with E-state index in [0.29, 0.717) is 0 Å². The molecular formula is C4H3BrF4I2. The number of halogens is 7. The first-order valence-electron chi connectivity index (χ1n) is 2.38. The summed E-state index contributed by atoms with van der Waals surface area (Å²) in [7, 11) is 0. The Balaban J connectivity index is 4.29. The molecule has 0 aliphatic rings. The van der Waals surface area contributed by atoms with Gasteiger partial charge in [0.2, 0.25) is 0 Å². The molecule has 0 aliphatic carbocycles. The van der Waals surface area contributed by atoms with Crippen molar-refractivity contribution in [2.75, 3.05) is 0 Å². The van der Waals surface area contributed by atoms with Crippen LogP contribution in [-0.2, 0) is 0 Å². The van der Waals surface area contributed by atoms with Gasteiger partial charge in [0.1, 0.15) is 4.83 Å². The van der Waals surface area contributed by atoms with Crippen molar-refractivity contribution >= 4 is 61.1 Å². The fraction of sp³-hybridized carbons (Fsp3) is 1.00. The Bertz CT molecular complexity index is 129. The molecule has 0 aromatic carbocycles. The molecule has 0 heterocycles. The number of rotatable bonds is 3. The quantitative estimate of drug-likeness (QED) is 0.341. The average Bonchev–Trinajstić information content (AvgIpc) is 1.85. The van der Waals surface area contributed by atoms with E-state index in [2.05, 4.69) is 15.9 Å². The summed E-state index contributed by atoms with van der Waals surface area (Å²) in [6.07, 6.45) is -3.61. The lowest BCUT2D eigenvalue weighted by molar-refractivity contribution is -0.123. The molecule has 0 spiro atoms. The number of alkyl halides is 7. The van der Waals surface area contributed by atoms with Crippen molar-refractivity contribution in [1.82, 2.24) is 0 Å². The van der Waals surface area contributed by atoms with Gasteiger partial charge in [0.05, 0.1) is 1.93 Å². The minimum atomic E-state index is -3.95. The first kappa shape index (κ1) is 12.7. The van der Waals surface area contributed by atoms with Gasteiger partial charge in [-0.1, -0.05) is 61.1 Å². The van der Waals surface area contributed by atoms with Crippen LogP contribution >= 0.6 is 61.1 Å². The Kier molecular flexibility index (Phi) is 5.49. The van der Waals surface area contributed by atoms with Crippen molar-refractivity contribution in [2.24, 2.45) is 0 Å². The van der Waals surface area contributed by atoms with Crippen molar-refractivity contribution in [3.63, 3.8) is 0 Å². The maximum absolute atomic E-state index is 12.4. The zero-order valence-corrected chi connectivity index (χ0v) is 10.8. The fourth-order valence-corrected chi connectivity index (χ4v) is 1.45. The summed E-state index contributed by atoms with van der Waals surface area (Å²) in [5.41, 5.74) is 0. The predicted octanol–water partition coefficient (Wildman–Crippen LogP) is 3.85. The Morgan fingerprint density at radius 2 is 1.55 bits per heavy atom. The second-order valence-electron chi connectivity index (χ2n) is 1.71. The van der Waals surface area contributed by atoms with E-state index in [1.54, 1.807) is 45.2 Å². The van der Waals surface area contributed by atoms with Gasteiger partial charge >= 0.3 is 12.3 Å². The van der Waals surface area contributed by atoms with E-state index >= 15 is 0 Å². The van der Waals surface area contributed by atoms with Crippen molar-refractivity contribution in [1.29, 1.82) is 0 Å². The predicted molar refractivity (Wildman–Crippen MR) is 55.5 cm³/mol. The molecule has 0 bridgehead atoms. The van der Waals surface area contributed by atoms with Gasteiger partial charge in [-0.05, 0) is 0 Å². The lowest BCUT2D eigenvalue weighted by Crippen LogP contribution is -2.39. The molecule has 1 unspecified atom stereocenters. The molecule has 0 N–H and O–H groups in total. The molecular weight excluding hydrogens is 458 g/mol. The molecule has 0 fully saturated rings. The van der Waals surface area contributed by atoms with E-state index in [0.717, 1.165) is 0 Å². The molecule has 0 nitrogen and oxygen atoms in total. The molecule has 0 saturated heterocycles. The highest BCUT2D eigenvalue weighted by molar-refractivity contribution is 14.2. The van der Waals surface area contributed by atoms with Gasteiger partial charge in [-0.2, -0.15) is 8.78 Å². The van der Waals surface area contributed by atoms with E-state index in [1.165, 1.54) is 0 Å². The second kappa shape index (κ2) is 4.77. The molecule has 0 amide bonds. The highest BCUT2D eigenvalue weighted by Gasteiger charge is 2.49. The Hall–Kier alpha value is 1.66. The summed E-state index contributed by atoms with van der Waals surface area (Å²) in [5.74, 6) is -3.95. The van der Waals surface area contributed by atoms with Crippen LogP contribution in [0.1, 0.15) is 0 Å². The zero-order chi connectivity index (χ0) is 9.23. The van der Waals surface area contributed by atoms with Gasteiger partial charge < -0.3 is 0 Å². The number of hydrogen-bond acceptors (Lipinski definition) is 0. The lowest BCUT2D eigenvalue weighted by atomic mass is 10.3. The van der Waals surface area contributed by atoms with Crippen molar-refractivity contribution in [3.05, 3.63) is 0 Å². The average molecular weight is 461 g/mol. The van der Waals surface area contributed by atoms with Crippen molar-refractivity contribution in [2.45, 2.75) is 19.1 Å². The van der Waals surface area contributed by atoms with Crippen LogP contribution < -0.4 is 0 Å². The monoisotopic (exact) mass is 460 g/mol. The molecule has 0 aliphatic heterocycles. The van der Waals surface area contributed by atoms with E-state index in [1.807, 2.05) is 0 Å². The van der Waals surface area contributed by atoms with Crippen molar-refractivity contribution in [3.8, 4) is 0 Å². The third-order valence-electron chi connectivity index (χ3n) is 0.880. The van der Waals surface area contributed by atoms with Crippen LogP contribution in [0.3, 0.4) is 0 Å². The first-order valence-corrected chi connectivity index (χ1v) is 5.79. The number of hydrogen-bond donors (Lipinski definition) is 0. The maximum atomic E-state index is 12.4. The zero-order valence-electron chi connectivity index (χ0n) is 4.88. The second-order valence-corrected chi connectivity index (χ2v) is 7.77. The summed E-state index contributed by atoms with van der Waals surface area (Å²) in [5, 5.41) is 0. The maximum Gasteiger partial charge on any atom is 0.321 e. The molecule has 0 radical (unpaired) electrons. The minimum absolute atomic E-state index is 0.575. The van der Waals surface area contributed by atoms with Crippen molar-refractivity contribution < 1.29 is 17.6 Å². The van der Waals surface area contributed by atoms with Crippen LogP contribution in [0, 0.1) is 0 Å². The summed E-state index contributed by atoms with van der Waals surface area (Å²) in [6.45, 7) is 0. The van der Waals surface area contributed by atoms with Gasteiger partial charge in [0, 0.05) is 0 Å². The Morgan fingerprint density at radius 3 is 1.64 bits per heavy atom. The first-order chi connectivity index (χ1) is 4.80. The minimum Gasteiger partial charge on any atom is -0.204 e. The van der Waals surface area contributed by atoms with Crippen LogP contribution in [0.15, 0.2) is 0 Å².